The zero-order chi connectivity index (χ0) is 29.8. The first-order valence-corrected chi connectivity index (χ1v) is 14.2. The number of nitrogens with two attached hydrogens (primary N) is 2. The average molecular weight is 554 g/mol. The van der Waals surface area contributed by atoms with E-state index >= 15 is 0 Å². The van der Waals surface area contributed by atoms with Crippen LogP contribution in [0.2, 0.25) is 0 Å². The lowest BCUT2D eigenvalue weighted by molar-refractivity contribution is -0.128. The Balaban J connectivity index is 2.86. The molecule has 1 unspecified atom stereocenters. The van der Waals surface area contributed by atoms with E-state index in [1.807, 2.05) is 32.0 Å². The fraction of sp³-hybridized carbons (Fsp3) is 0.767. The molecule has 1 amide bonds. The molecule has 0 aliphatic carbocycles. The van der Waals surface area contributed by atoms with E-state index in [1.165, 1.54) is 0 Å². The largest absolute Gasteiger partial charge is 0.493 e. The Morgan fingerprint density at radius 1 is 1.00 bits per heavy atom. The zero-order valence-corrected chi connectivity index (χ0v) is 25.4. The van der Waals surface area contributed by atoms with Gasteiger partial charge in [0.15, 0.2) is 11.5 Å². The number of carbonyl (C=O) groups is 1. The Morgan fingerprint density at radius 3 is 2.21 bits per heavy atom. The monoisotopic (exact) mass is 553 g/mol. The highest BCUT2D eigenvalue weighted by Crippen LogP contribution is 2.32. The molecule has 39 heavy (non-hydrogen) atoms. The highest BCUT2D eigenvalue weighted by Gasteiger charge is 2.32. The van der Waals surface area contributed by atoms with Gasteiger partial charge in [0, 0.05) is 44.1 Å². The predicted molar refractivity (Wildman–Crippen MR) is 156 cm³/mol. The van der Waals surface area contributed by atoms with Gasteiger partial charge in [0.05, 0.1) is 19.8 Å². The third-order valence-electron chi connectivity index (χ3n) is 7.64. The van der Waals surface area contributed by atoms with Gasteiger partial charge >= 0.3 is 0 Å². The molecule has 0 saturated heterocycles. The third kappa shape index (κ3) is 12.0. The molecule has 9 nitrogen and oxygen atoms in total. The Morgan fingerprint density at radius 2 is 1.67 bits per heavy atom. The van der Waals surface area contributed by atoms with Crippen LogP contribution in [0.4, 0.5) is 0 Å². The molecule has 1 rings (SSSR count). The van der Waals surface area contributed by atoms with Crippen molar-refractivity contribution in [2.24, 2.45) is 40.6 Å². The molecule has 1 aromatic rings. The summed E-state index contributed by atoms with van der Waals surface area (Å²) in [6, 6.07) is 5.50. The fourth-order valence-corrected chi connectivity index (χ4v) is 4.41. The Kier molecular flexibility index (Phi) is 15.3. The van der Waals surface area contributed by atoms with E-state index < -0.39 is 29.7 Å². The molecule has 0 saturated carbocycles. The molecule has 0 bridgehead atoms. The standard InChI is InChI=1S/C30H55N3O6/c1-19(2)22(14-21-10-11-26(38-8)27(15-21)39-13-9-12-37-7)16-24(31)25(34)17-23(20(3)4)28(35)33-18-30(5,6)29(32)36/h10-11,15,19-20,22-25,29,34,36H,9,12-14,16-18,31-32H2,1-8H3,(H,33,35)/t22-,23+,24+,25-,29?/m0/s1. The lowest BCUT2D eigenvalue weighted by Crippen LogP contribution is -2.48. The van der Waals surface area contributed by atoms with E-state index in [2.05, 4.69) is 19.2 Å². The summed E-state index contributed by atoms with van der Waals surface area (Å²) < 4.78 is 16.5. The van der Waals surface area contributed by atoms with Crippen LogP contribution in [-0.4, -0.2) is 68.5 Å². The molecule has 5 atom stereocenters. The Labute approximate surface area is 236 Å². The number of methoxy groups -OCH3 is 2. The molecule has 7 N–H and O–H groups in total. The third-order valence-corrected chi connectivity index (χ3v) is 7.64. The van der Waals surface area contributed by atoms with Gasteiger partial charge in [0.1, 0.15) is 6.23 Å². The normalized spacial score (nSPS) is 16.1. The summed E-state index contributed by atoms with van der Waals surface area (Å²) in [5, 5.41) is 23.7. The first-order chi connectivity index (χ1) is 18.2. The molecule has 226 valence electrons. The summed E-state index contributed by atoms with van der Waals surface area (Å²) >= 11 is 0. The highest BCUT2D eigenvalue weighted by atomic mass is 16.5. The number of aliphatic hydroxyl groups excluding tert-OH is 2. The van der Waals surface area contributed by atoms with E-state index in [0.29, 0.717) is 37.1 Å². The zero-order valence-electron chi connectivity index (χ0n) is 25.4. The van der Waals surface area contributed by atoms with Crippen molar-refractivity contribution in [2.75, 3.05) is 34.0 Å². The molecule has 0 fully saturated rings. The van der Waals surface area contributed by atoms with Crippen LogP contribution >= 0.6 is 0 Å². The lowest BCUT2D eigenvalue weighted by atomic mass is 9.80. The summed E-state index contributed by atoms with van der Waals surface area (Å²) in [5.41, 5.74) is 12.6. The lowest BCUT2D eigenvalue weighted by Gasteiger charge is -2.31. The number of carbonyl (C=O) groups excluding carboxylic acids is 1. The topological polar surface area (TPSA) is 149 Å². The predicted octanol–water partition coefficient (Wildman–Crippen LogP) is 3.09. The minimum Gasteiger partial charge on any atom is -0.493 e. The van der Waals surface area contributed by atoms with Crippen LogP contribution in [0.1, 0.15) is 66.4 Å². The first kappa shape index (κ1) is 35.1. The maximum Gasteiger partial charge on any atom is 0.223 e. The minimum atomic E-state index is -1.05. The van der Waals surface area contributed by atoms with Gasteiger partial charge in [-0.2, -0.15) is 0 Å². The second-order valence-electron chi connectivity index (χ2n) is 12.1. The van der Waals surface area contributed by atoms with Crippen molar-refractivity contribution in [3.8, 4) is 11.5 Å². The molecule has 0 aliphatic rings. The van der Waals surface area contributed by atoms with Crippen molar-refractivity contribution in [3.63, 3.8) is 0 Å². The van der Waals surface area contributed by atoms with E-state index in [9.17, 15) is 15.0 Å². The van der Waals surface area contributed by atoms with E-state index in [-0.39, 0.29) is 30.7 Å². The smallest absolute Gasteiger partial charge is 0.223 e. The Hall–Kier alpha value is -1.91. The van der Waals surface area contributed by atoms with Crippen LogP contribution in [0.15, 0.2) is 18.2 Å². The average Bonchev–Trinajstić information content (AvgIpc) is 2.87. The number of amides is 1. The Bertz CT molecular complexity index is 846. The van der Waals surface area contributed by atoms with Crippen molar-refractivity contribution in [2.45, 2.75) is 85.6 Å². The second-order valence-corrected chi connectivity index (χ2v) is 12.1. The quantitative estimate of drug-likeness (QED) is 0.130. The second kappa shape index (κ2) is 17.0. The van der Waals surface area contributed by atoms with Gasteiger partial charge in [-0.15, -0.1) is 0 Å². The summed E-state index contributed by atoms with van der Waals surface area (Å²) in [4.78, 5) is 13.0. The van der Waals surface area contributed by atoms with Crippen molar-refractivity contribution < 1.29 is 29.2 Å². The van der Waals surface area contributed by atoms with Crippen LogP contribution in [0, 0.1) is 29.1 Å². The van der Waals surface area contributed by atoms with Gasteiger partial charge in [-0.05, 0) is 54.7 Å². The maximum absolute atomic E-state index is 13.0. The first-order valence-electron chi connectivity index (χ1n) is 14.2. The fourth-order valence-electron chi connectivity index (χ4n) is 4.41. The van der Waals surface area contributed by atoms with Crippen LogP contribution in [0.3, 0.4) is 0 Å². The van der Waals surface area contributed by atoms with Crippen molar-refractivity contribution in [1.29, 1.82) is 0 Å². The van der Waals surface area contributed by atoms with Crippen molar-refractivity contribution >= 4 is 5.91 Å². The molecular weight excluding hydrogens is 498 g/mol. The number of hydrogen-bond donors (Lipinski definition) is 5. The number of benzene rings is 1. The minimum absolute atomic E-state index is 0.0141. The van der Waals surface area contributed by atoms with E-state index in [1.54, 1.807) is 28.1 Å². The molecule has 0 radical (unpaired) electrons. The number of rotatable bonds is 19. The molecular formula is C30H55N3O6. The van der Waals surface area contributed by atoms with Gasteiger partial charge in [-0.25, -0.2) is 0 Å². The van der Waals surface area contributed by atoms with Gasteiger partial charge in [0.2, 0.25) is 5.91 Å². The van der Waals surface area contributed by atoms with Crippen LogP contribution in [0.25, 0.3) is 0 Å². The summed E-state index contributed by atoms with van der Waals surface area (Å²) in [5.74, 6) is 1.39. The van der Waals surface area contributed by atoms with Crippen molar-refractivity contribution in [1.82, 2.24) is 5.32 Å². The summed E-state index contributed by atoms with van der Waals surface area (Å²) in [6.07, 6.45) is 0.574. The van der Waals surface area contributed by atoms with Gasteiger partial charge in [0.25, 0.3) is 0 Å². The van der Waals surface area contributed by atoms with E-state index in [4.69, 9.17) is 25.7 Å². The molecule has 0 aliphatic heterocycles. The van der Waals surface area contributed by atoms with Gasteiger partial charge in [-0.3, -0.25) is 4.79 Å². The number of nitrogens with one attached hydrogen (secondary N) is 1. The molecule has 0 heterocycles. The van der Waals surface area contributed by atoms with Crippen LogP contribution in [-0.2, 0) is 16.0 Å². The highest BCUT2D eigenvalue weighted by molar-refractivity contribution is 5.79. The maximum atomic E-state index is 13.0. The summed E-state index contributed by atoms with van der Waals surface area (Å²) in [7, 11) is 3.30. The molecule has 9 heteroatoms. The molecule has 1 aromatic carbocycles. The number of aliphatic hydroxyl groups is 2. The SMILES string of the molecule is COCCCOc1cc(C[C@@H](C[C@@H](N)[C@@H](O)C[C@@H](C(=O)NCC(C)(C)C(N)O)C(C)C)C(C)C)ccc1OC. The van der Waals surface area contributed by atoms with Crippen LogP contribution < -0.4 is 26.3 Å². The molecule has 0 spiro atoms. The van der Waals surface area contributed by atoms with Crippen molar-refractivity contribution in [3.05, 3.63) is 23.8 Å². The molecule has 0 aromatic heterocycles. The van der Waals surface area contributed by atoms with Gasteiger partial charge < -0.3 is 41.2 Å². The van der Waals surface area contributed by atoms with E-state index in [0.717, 1.165) is 18.4 Å². The summed E-state index contributed by atoms with van der Waals surface area (Å²) in [6.45, 7) is 13.2. The van der Waals surface area contributed by atoms with Gasteiger partial charge in [-0.1, -0.05) is 47.6 Å². The van der Waals surface area contributed by atoms with Crippen LogP contribution in [0.5, 0.6) is 11.5 Å². The number of hydrogen-bond acceptors (Lipinski definition) is 8. The number of ether oxygens (including phenoxy) is 3.